The van der Waals surface area contributed by atoms with Crippen LogP contribution in [0.2, 0.25) is 5.02 Å². The Kier molecular flexibility index (Phi) is 6.65. The first-order chi connectivity index (χ1) is 13.1. The lowest BCUT2D eigenvalue weighted by atomic mass is 10.1. The van der Waals surface area contributed by atoms with Gasteiger partial charge in [-0.25, -0.2) is 4.79 Å². The molecule has 8 nitrogen and oxygen atoms in total. The minimum atomic E-state index is -3.63. The van der Waals surface area contributed by atoms with Gasteiger partial charge in [0.25, 0.3) is 5.91 Å². The zero-order valence-electron chi connectivity index (χ0n) is 15.8. The molecule has 0 aliphatic rings. The molecule has 0 aliphatic heterocycles. The lowest BCUT2D eigenvalue weighted by molar-refractivity contribution is 0.0600. The molecule has 0 unspecified atom stereocenters. The molecule has 0 saturated heterocycles. The standard InChI is InChI=1S/C18H20ClN3O5S/c1-21(2)28(25,26)22(3)14-8-5-12(6-9-14)17(23)20-16-11-13(18(24)27-4)7-10-15(16)19/h5-11H,1-4H3,(H,20,23). The average molecular weight is 426 g/mol. The number of hydrogen-bond acceptors (Lipinski definition) is 5. The Balaban J connectivity index is 2.21. The van der Waals surface area contributed by atoms with Gasteiger partial charge in [-0.1, -0.05) is 11.6 Å². The van der Waals surface area contributed by atoms with Gasteiger partial charge in [-0.15, -0.1) is 0 Å². The molecule has 0 aliphatic carbocycles. The fourth-order valence-electron chi connectivity index (χ4n) is 2.26. The summed E-state index contributed by atoms with van der Waals surface area (Å²) in [6.07, 6.45) is 0. The van der Waals surface area contributed by atoms with E-state index in [-0.39, 0.29) is 16.3 Å². The van der Waals surface area contributed by atoms with Crippen molar-refractivity contribution < 1.29 is 22.7 Å². The maximum atomic E-state index is 12.5. The van der Waals surface area contributed by atoms with E-state index in [0.29, 0.717) is 11.3 Å². The molecule has 1 N–H and O–H groups in total. The zero-order valence-corrected chi connectivity index (χ0v) is 17.3. The van der Waals surface area contributed by atoms with Crippen LogP contribution in [-0.2, 0) is 14.9 Å². The van der Waals surface area contributed by atoms with Crippen molar-refractivity contribution in [3.05, 3.63) is 58.6 Å². The molecule has 0 atom stereocenters. The third-order valence-electron chi connectivity index (χ3n) is 3.94. The summed E-state index contributed by atoms with van der Waals surface area (Å²) in [5.41, 5.74) is 1.19. The van der Waals surface area contributed by atoms with Gasteiger partial charge in [-0.2, -0.15) is 12.7 Å². The number of hydrogen-bond donors (Lipinski definition) is 1. The van der Waals surface area contributed by atoms with Gasteiger partial charge in [-0.05, 0) is 42.5 Å². The van der Waals surface area contributed by atoms with Crippen molar-refractivity contribution in [2.24, 2.45) is 0 Å². The molecule has 10 heteroatoms. The highest BCUT2D eigenvalue weighted by molar-refractivity contribution is 7.90. The molecule has 150 valence electrons. The van der Waals surface area contributed by atoms with Gasteiger partial charge in [0.1, 0.15) is 0 Å². The van der Waals surface area contributed by atoms with E-state index in [2.05, 4.69) is 10.1 Å². The first-order valence-corrected chi connectivity index (χ1v) is 9.81. The van der Waals surface area contributed by atoms with E-state index >= 15 is 0 Å². The van der Waals surface area contributed by atoms with Crippen molar-refractivity contribution in [2.45, 2.75) is 0 Å². The second-order valence-electron chi connectivity index (χ2n) is 5.94. The third-order valence-corrected chi connectivity index (χ3v) is 6.09. The van der Waals surface area contributed by atoms with Crippen LogP contribution < -0.4 is 9.62 Å². The number of methoxy groups -OCH3 is 1. The summed E-state index contributed by atoms with van der Waals surface area (Å²) >= 11 is 6.08. The summed E-state index contributed by atoms with van der Waals surface area (Å²) in [6.45, 7) is 0. The minimum Gasteiger partial charge on any atom is -0.465 e. The van der Waals surface area contributed by atoms with Gasteiger partial charge in [0.05, 0.1) is 29.1 Å². The first kappa shape index (κ1) is 21.7. The summed E-state index contributed by atoms with van der Waals surface area (Å²) in [4.78, 5) is 24.1. The molecular formula is C18H20ClN3O5S. The smallest absolute Gasteiger partial charge is 0.337 e. The Bertz CT molecular complexity index is 991. The van der Waals surface area contributed by atoms with Crippen molar-refractivity contribution in [3.8, 4) is 0 Å². The largest absolute Gasteiger partial charge is 0.465 e. The Morgan fingerprint density at radius 2 is 1.57 bits per heavy atom. The van der Waals surface area contributed by atoms with Gasteiger partial charge in [0.15, 0.2) is 0 Å². The van der Waals surface area contributed by atoms with Crippen LogP contribution in [-0.4, -0.2) is 52.9 Å². The maximum Gasteiger partial charge on any atom is 0.337 e. The predicted molar refractivity (Wildman–Crippen MR) is 108 cm³/mol. The molecule has 2 aromatic carbocycles. The number of ether oxygens (including phenoxy) is 1. The number of carbonyl (C=O) groups excluding carboxylic acids is 2. The number of rotatable bonds is 6. The summed E-state index contributed by atoms with van der Waals surface area (Å²) in [5.74, 6) is -1.02. The highest BCUT2D eigenvalue weighted by Crippen LogP contribution is 2.25. The van der Waals surface area contributed by atoms with Crippen LogP contribution in [0, 0.1) is 0 Å². The molecule has 1 amide bonds. The monoisotopic (exact) mass is 425 g/mol. The predicted octanol–water partition coefficient (Wildman–Crippen LogP) is 2.62. The fraction of sp³-hybridized carbons (Fsp3) is 0.222. The summed E-state index contributed by atoms with van der Waals surface area (Å²) < 4.78 is 31.2. The van der Waals surface area contributed by atoms with Gasteiger partial charge in [0, 0.05) is 26.7 Å². The number of nitrogens with one attached hydrogen (secondary N) is 1. The number of nitrogens with zero attached hydrogens (tertiary/aromatic N) is 2. The molecule has 0 aromatic heterocycles. The van der Waals surface area contributed by atoms with E-state index < -0.39 is 22.1 Å². The van der Waals surface area contributed by atoms with E-state index in [1.807, 2.05) is 0 Å². The van der Waals surface area contributed by atoms with Gasteiger partial charge >= 0.3 is 16.2 Å². The Morgan fingerprint density at radius 1 is 1.00 bits per heavy atom. The highest BCUT2D eigenvalue weighted by Gasteiger charge is 2.21. The maximum absolute atomic E-state index is 12.5. The second kappa shape index (κ2) is 8.59. The zero-order chi connectivity index (χ0) is 21.1. The van der Waals surface area contributed by atoms with E-state index in [1.165, 1.54) is 70.7 Å². The number of carbonyl (C=O) groups is 2. The number of benzene rings is 2. The quantitative estimate of drug-likeness (QED) is 0.717. The van der Waals surface area contributed by atoms with Crippen LogP contribution in [0.4, 0.5) is 11.4 Å². The van der Waals surface area contributed by atoms with Crippen molar-refractivity contribution in [2.75, 3.05) is 37.9 Å². The molecule has 0 saturated carbocycles. The van der Waals surface area contributed by atoms with E-state index in [0.717, 1.165) is 8.61 Å². The second-order valence-corrected chi connectivity index (χ2v) is 8.53. The lowest BCUT2D eigenvalue weighted by Gasteiger charge is -2.23. The highest BCUT2D eigenvalue weighted by atomic mass is 35.5. The molecule has 0 radical (unpaired) electrons. The number of amides is 1. The average Bonchev–Trinajstić information content (AvgIpc) is 2.68. The SMILES string of the molecule is COC(=O)c1ccc(Cl)c(NC(=O)c2ccc(N(C)S(=O)(=O)N(C)C)cc2)c1. The Hall–Kier alpha value is -2.62. The number of anilines is 2. The van der Waals surface area contributed by atoms with Crippen LogP contribution >= 0.6 is 11.6 Å². The molecule has 28 heavy (non-hydrogen) atoms. The van der Waals surface area contributed by atoms with Gasteiger partial charge in [-0.3, -0.25) is 9.10 Å². The minimum absolute atomic E-state index is 0.244. The first-order valence-electron chi connectivity index (χ1n) is 8.03. The van der Waals surface area contributed by atoms with Crippen molar-refractivity contribution in [1.29, 1.82) is 0 Å². The topological polar surface area (TPSA) is 96.0 Å². The summed E-state index contributed by atoms with van der Waals surface area (Å²) in [5, 5.41) is 2.88. The summed E-state index contributed by atoms with van der Waals surface area (Å²) in [7, 11) is 1.91. The fourth-order valence-corrected chi connectivity index (χ4v) is 3.30. The molecular weight excluding hydrogens is 406 g/mol. The van der Waals surface area contributed by atoms with Gasteiger partial charge in [0.2, 0.25) is 0 Å². The van der Waals surface area contributed by atoms with Gasteiger partial charge < -0.3 is 10.1 Å². The van der Waals surface area contributed by atoms with Crippen molar-refractivity contribution in [1.82, 2.24) is 4.31 Å². The molecule has 0 fully saturated rings. The summed E-state index contributed by atoms with van der Waals surface area (Å²) in [6, 6.07) is 10.4. The van der Waals surface area contributed by atoms with Crippen LogP contribution in [0.3, 0.4) is 0 Å². The van der Waals surface area contributed by atoms with Crippen LogP contribution in [0.25, 0.3) is 0 Å². The van der Waals surface area contributed by atoms with E-state index in [4.69, 9.17) is 11.6 Å². The Morgan fingerprint density at radius 3 is 2.11 bits per heavy atom. The van der Waals surface area contributed by atoms with E-state index in [9.17, 15) is 18.0 Å². The van der Waals surface area contributed by atoms with Crippen molar-refractivity contribution in [3.63, 3.8) is 0 Å². The van der Waals surface area contributed by atoms with E-state index in [1.54, 1.807) is 0 Å². The Labute approximate surface area is 168 Å². The van der Waals surface area contributed by atoms with Crippen molar-refractivity contribution >= 4 is 45.1 Å². The molecule has 2 aromatic rings. The molecule has 0 bridgehead atoms. The van der Waals surface area contributed by atoms with Crippen LogP contribution in [0.1, 0.15) is 20.7 Å². The van der Waals surface area contributed by atoms with Crippen LogP contribution in [0.5, 0.6) is 0 Å². The normalized spacial score (nSPS) is 11.2. The third kappa shape index (κ3) is 4.61. The van der Waals surface area contributed by atoms with Crippen LogP contribution in [0.15, 0.2) is 42.5 Å². The lowest BCUT2D eigenvalue weighted by Crippen LogP contribution is -2.37. The number of halogens is 1. The number of esters is 1. The molecule has 0 spiro atoms. The molecule has 0 heterocycles. The molecule has 2 rings (SSSR count).